The number of hydrogen-bond donors (Lipinski definition) is 3. The lowest BCUT2D eigenvalue weighted by atomic mass is 10.1. The highest BCUT2D eigenvalue weighted by Crippen LogP contribution is 2.26. The molecule has 0 aromatic heterocycles. The number of hydrogen-bond acceptors (Lipinski definition) is 4. The van der Waals surface area contributed by atoms with Crippen LogP contribution < -0.4 is 10.0 Å². The van der Waals surface area contributed by atoms with Gasteiger partial charge in [0.1, 0.15) is 5.60 Å². The number of carbonyl (C=O) groups excluding carboxylic acids is 1. The van der Waals surface area contributed by atoms with Gasteiger partial charge in [-0.2, -0.15) is 0 Å². The number of nitrogens with one attached hydrogen (secondary N) is 2. The third-order valence-corrected chi connectivity index (χ3v) is 4.47. The second-order valence-corrected chi connectivity index (χ2v) is 8.07. The molecule has 0 saturated carbocycles. The van der Waals surface area contributed by atoms with Crippen molar-refractivity contribution in [2.75, 3.05) is 11.9 Å². The van der Waals surface area contributed by atoms with E-state index in [2.05, 4.69) is 10.0 Å². The normalized spacial score (nSPS) is 12.5. The summed E-state index contributed by atoms with van der Waals surface area (Å²) in [7, 11) is -3.65. The fraction of sp³-hybridized carbons (Fsp3) is 0.500. The molecule has 0 radical (unpaired) electrons. The van der Waals surface area contributed by atoms with Crippen LogP contribution in [0, 0.1) is 5.92 Å². The number of halogens is 1. The van der Waals surface area contributed by atoms with Gasteiger partial charge in [-0.05, 0) is 38.0 Å². The van der Waals surface area contributed by atoms with Crippen LogP contribution >= 0.6 is 11.6 Å². The fourth-order valence-electron chi connectivity index (χ4n) is 1.40. The molecule has 22 heavy (non-hydrogen) atoms. The largest absolute Gasteiger partial charge is 0.381 e. The monoisotopic (exact) mass is 348 g/mol. The molecule has 1 amide bonds. The first-order valence-corrected chi connectivity index (χ1v) is 8.62. The fourth-order valence-corrected chi connectivity index (χ4v) is 2.93. The number of aliphatic hydroxyl groups is 1. The second kappa shape index (κ2) is 6.95. The molecule has 0 bridgehead atoms. The van der Waals surface area contributed by atoms with Crippen molar-refractivity contribution >= 4 is 33.2 Å². The molecule has 0 fully saturated rings. The number of rotatable bonds is 6. The third-order valence-electron chi connectivity index (χ3n) is 2.74. The number of sulfonamides is 1. The molecule has 0 aliphatic heterocycles. The Morgan fingerprint density at radius 1 is 1.36 bits per heavy atom. The molecule has 3 N–H and O–H groups in total. The summed E-state index contributed by atoms with van der Waals surface area (Å²) in [4.78, 5) is 11.7. The van der Waals surface area contributed by atoms with Gasteiger partial charge < -0.3 is 10.4 Å². The van der Waals surface area contributed by atoms with Crippen LogP contribution in [0.15, 0.2) is 23.1 Å². The topological polar surface area (TPSA) is 95.5 Å². The van der Waals surface area contributed by atoms with Crippen LogP contribution in [-0.4, -0.2) is 31.6 Å². The van der Waals surface area contributed by atoms with E-state index in [0.717, 1.165) is 0 Å². The molecule has 0 heterocycles. The summed E-state index contributed by atoms with van der Waals surface area (Å²) < 4.78 is 26.6. The molecule has 1 aromatic rings. The molecule has 124 valence electrons. The van der Waals surface area contributed by atoms with E-state index < -0.39 is 21.5 Å². The minimum atomic E-state index is -3.65. The van der Waals surface area contributed by atoms with Crippen molar-refractivity contribution in [1.82, 2.24) is 4.72 Å². The van der Waals surface area contributed by atoms with Gasteiger partial charge in [0.15, 0.2) is 0 Å². The van der Waals surface area contributed by atoms with Crippen molar-refractivity contribution in [1.29, 1.82) is 0 Å². The number of benzene rings is 1. The smallest absolute Gasteiger partial charge is 0.255 e. The van der Waals surface area contributed by atoms with Gasteiger partial charge in [0.05, 0.1) is 15.6 Å². The van der Waals surface area contributed by atoms with Gasteiger partial charge >= 0.3 is 0 Å². The molecule has 0 spiro atoms. The molecule has 0 atom stereocenters. The highest BCUT2D eigenvalue weighted by atomic mass is 35.5. The van der Waals surface area contributed by atoms with Crippen LogP contribution in [0.5, 0.6) is 0 Å². The lowest BCUT2D eigenvalue weighted by Crippen LogP contribution is -2.36. The zero-order valence-electron chi connectivity index (χ0n) is 13.0. The Bertz CT molecular complexity index is 651. The number of amides is 1. The lowest BCUT2D eigenvalue weighted by Gasteiger charge is -2.17. The molecule has 1 aromatic carbocycles. The minimum Gasteiger partial charge on any atom is -0.381 e. The molecular formula is C14H21ClN2O4S. The van der Waals surface area contributed by atoms with E-state index in [1.807, 2.05) is 13.8 Å². The first-order chi connectivity index (χ1) is 9.93. The van der Waals surface area contributed by atoms with Crippen LogP contribution in [0.1, 0.15) is 27.7 Å². The van der Waals surface area contributed by atoms with Gasteiger partial charge in [0.25, 0.3) is 5.91 Å². The Labute approximate surface area is 135 Å². The molecule has 0 aliphatic carbocycles. The average Bonchev–Trinajstić information content (AvgIpc) is 2.37. The van der Waals surface area contributed by atoms with Gasteiger partial charge in [-0.15, -0.1) is 0 Å². The van der Waals surface area contributed by atoms with E-state index in [0.29, 0.717) is 6.54 Å². The predicted octanol–water partition coefficient (Wildman–Crippen LogP) is 1.98. The zero-order valence-corrected chi connectivity index (χ0v) is 14.5. The molecule has 0 saturated heterocycles. The number of carbonyl (C=O) groups is 1. The summed E-state index contributed by atoms with van der Waals surface area (Å²) in [5, 5.41) is 12.1. The van der Waals surface area contributed by atoms with Crippen LogP contribution in [0.2, 0.25) is 5.02 Å². The Hall–Kier alpha value is -1.15. The zero-order chi connectivity index (χ0) is 17.1. The Balaban J connectivity index is 2.97. The van der Waals surface area contributed by atoms with Crippen molar-refractivity contribution in [2.45, 2.75) is 38.2 Å². The van der Waals surface area contributed by atoms with Crippen molar-refractivity contribution in [3.05, 3.63) is 23.2 Å². The van der Waals surface area contributed by atoms with E-state index in [1.54, 1.807) is 0 Å². The van der Waals surface area contributed by atoms with Crippen molar-refractivity contribution in [2.24, 2.45) is 5.92 Å². The lowest BCUT2D eigenvalue weighted by molar-refractivity contribution is -0.130. The summed E-state index contributed by atoms with van der Waals surface area (Å²) in [5.41, 5.74) is -1.33. The number of anilines is 1. The predicted molar refractivity (Wildman–Crippen MR) is 86.4 cm³/mol. The van der Waals surface area contributed by atoms with Gasteiger partial charge in [0, 0.05) is 6.54 Å². The maximum absolute atomic E-state index is 12.1. The summed E-state index contributed by atoms with van der Waals surface area (Å²) >= 11 is 6.00. The molecule has 8 heteroatoms. The highest BCUT2D eigenvalue weighted by Gasteiger charge is 2.25. The minimum absolute atomic E-state index is 0.0133. The van der Waals surface area contributed by atoms with E-state index in [1.165, 1.54) is 32.0 Å². The SMILES string of the molecule is CC(C)CNS(=O)(=O)c1ccc(NC(=O)C(C)(C)O)c(Cl)c1. The third kappa shape index (κ3) is 5.24. The van der Waals surface area contributed by atoms with Crippen LogP contribution in [0.4, 0.5) is 5.69 Å². The first kappa shape index (κ1) is 18.9. The van der Waals surface area contributed by atoms with Crippen molar-refractivity contribution in [3.63, 3.8) is 0 Å². The second-order valence-electron chi connectivity index (χ2n) is 5.90. The molecule has 0 unspecified atom stereocenters. The summed E-state index contributed by atoms with van der Waals surface area (Å²) in [6.45, 7) is 6.78. The summed E-state index contributed by atoms with van der Waals surface area (Å²) in [6.07, 6.45) is 0. The van der Waals surface area contributed by atoms with Gasteiger partial charge in [-0.1, -0.05) is 25.4 Å². The molecule has 0 aliphatic rings. The van der Waals surface area contributed by atoms with Crippen LogP contribution in [-0.2, 0) is 14.8 Å². The molecule has 1 rings (SSSR count). The van der Waals surface area contributed by atoms with Crippen LogP contribution in [0.25, 0.3) is 0 Å². The van der Waals surface area contributed by atoms with E-state index >= 15 is 0 Å². The van der Waals surface area contributed by atoms with Crippen molar-refractivity contribution in [3.8, 4) is 0 Å². The summed E-state index contributed by atoms with van der Waals surface area (Å²) in [6, 6.07) is 3.98. The quantitative estimate of drug-likeness (QED) is 0.732. The van der Waals surface area contributed by atoms with Gasteiger partial charge in [0.2, 0.25) is 10.0 Å². The van der Waals surface area contributed by atoms with Gasteiger partial charge in [-0.3, -0.25) is 4.79 Å². The summed E-state index contributed by atoms with van der Waals surface area (Å²) in [5.74, 6) is -0.460. The van der Waals surface area contributed by atoms with Crippen molar-refractivity contribution < 1.29 is 18.3 Å². The Kier molecular flexibility index (Phi) is 5.97. The first-order valence-electron chi connectivity index (χ1n) is 6.76. The van der Waals surface area contributed by atoms with E-state index in [9.17, 15) is 18.3 Å². The maximum atomic E-state index is 12.1. The molecular weight excluding hydrogens is 328 g/mol. The molecule has 6 nitrogen and oxygen atoms in total. The average molecular weight is 349 g/mol. The van der Waals surface area contributed by atoms with E-state index in [4.69, 9.17) is 11.6 Å². The Morgan fingerprint density at radius 2 is 1.95 bits per heavy atom. The van der Waals surface area contributed by atoms with Gasteiger partial charge in [-0.25, -0.2) is 13.1 Å². The van der Waals surface area contributed by atoms with E-state index in [-0.39, 0.29) is 21.5 Å². The maximum Gasteiger partial charge on any atom is 0.255 e. The highest BCUT2D eigenvalue weighted by molar-refractivity contribution is 7.89. The van der Waals surface area contributed by atoms with Crippen LogP contribution in [0.3, 0.4) is 0 Å². The standard InChI is InChI=1S/C14H21ClN2O4S/c1-9(2)8-16-22(20,21)10-5-6-12(11(15)7-10)17-13(18)14(3,4)19/h5-7,9,16,19H,8H2,1-4H3,(H,17,18). The Morgan fingerprint density at radius 3 is 2.41 bits per heavy atom.